The van der Waals surface area contributed by atoms with Gasteiger partial charge < -0.3 is 15.3 Å². The second kappa shape index (κ2) is 5.62. The molecule has 0 saturated carbocycles. The molecule has 2 N–H and O–H groups in total. The van der Waals surface area contributed by atoms with Crippen LogP contribution in [-0.2, 0) is 0 Å². The lowest BCUT2D eigenvalue weighted by Crippen LogP contribution is -2.28. The molecular formula is C15H16N6OS. The molecule has 1 atom stereocenters. The third kappa shape index (κ3) is 2.77. The van der Waals surface area contributed by atoms with Gasteiger partial charge in [0.2, 0.25) is 11.9 Å². The highest BCUT2D eigenvalue weighted by Gasteiger charge is 2.24. The van der Waals surface area contributed by atoms with E-state index in [1.807, 2.05) is 23.7 Å². The molecular weight excluding hydrogens is 312 g/mol. The highest BCUT2D eigenvalue weighted by Crippen LogP contribution is 2.26. The number of fused-ring (bicyclic) bond motifs is 1. The van der Waals surface area contributed by atoms with Crippen LogP contribution >= 0.6 is 11.3 Å². The Morgan fingerprint density at radius 2 is 2.22 bits per heavy atom. The van der Waals surface area contributed by atoms with Crippen molar-refractivity contribution in [2.75, 3.05) is 16.8 Å². The van der Waals surface area contributed by atoms with E-state index in [0.29, 0.717) is 17.9 Å². The van der Waals surface area contributed by atoms with E-state index < -0.39 is 0 Å². The molecule has 3 heterocycles. The number of hydrogen-bond donors (Lipinski definition) is 2. The minimum atomic E-state index is -0.268. The first-order valence-electron chi connectivity index (χ1n) is 7.51. The molecule has 23 heavy (non-hydrogen) atoms. The number of hydrogen-bond acceptors (Lipinski definition) is 8. The monoisotopic (exact) mass is 328 g/mol. The Hall–Kier alpha value is -2.48. The maximum absolute atomic E-state index is 9.82. The summed E-state index contributed by atoms with van der Waals surface area (Å²) >= 11 is 1.58. The lowest BCUT2D eigenvalue weighted by molar-refractivity contribution is 0.428. The van der Waals surface area contributed by atoms with Crippen molar-refractivity contribution in [1.82, 2.24) is 19.9 Å². The van der Waals surface area contributed by atoms with E-state index in [-0.39, 0.29) is 6.01 Å². The number of aromatic nitrogens is 4. The SMILES string of the molecule is CC1CCCN1c1nc(O)nc(Nc2ccc3ncsc3c2)n1. The maximum atomic E-state index is 9.82. The van der Waals surface area contributed by atoms with Gasteiger partial charge in [0, 0.05) is 18.3 Å². The molecule has 1 aromatic carbocycles. The summed E-state index contributed by atoms with van der Waals surface area (Å²) in [5.41, 5.74) is 3.63. The van der Waals surface area contributed by atoms with Crippen molar-refractivity contribution in [2.45, 2.75) is 25.8 Å². The van der Waals surface area contributed by atoms with Gasteiger partial charge >= 0.3 is 6.01 Å². The summed E-state index contributed by atoms with van der Waals surface area (Å²) in [6, 6.07) is 5.96. The third-order valence-corrected chi connectivity index (χ3v) is 4.80. The average molecular weight is 328 g/mol. The molecule has 118 valence electrons. The standard InChI is InChI=1S/C15H16N6OS/c1-9-3-2-6-21(9)14-18-13(19-15(22)20-14)17-10-4-5-11-12(7-10)23-8-16-11/h4-5,7-9H,2-3,6H2,1H3,(H2,17,18,19,20,22). The van der Waals surface area contributed by atoms with E-state index in [4.69, 9.17) is 0 Å². The van der Waals surface area contributed by atoms with Crippen LogP contribution in [0.25, 0.3) is 10.2 Å². The molecule has 1 unspecified atom stereocenters. The molecule has 0 radical (unpaired) electrons. The van der Waals surface area contributed by atoms with Gasteiger partial charge in [-0.25, -0.2) is 4.98 Å². The lowest BCUT2D eigenvalue weighted by atomic mass is 10.2. The van der Waals surface area contributed by atoms with Crippen LogP contribution in [0.15, 0.2) is 23.7 Å². The highest BCUT2D eigenvalue weighted by molar-refractivity contribution is 7.16. The van der Waals surface area contributed by atoms with Crippen LogP contribution in [-0.4, -0.2) is 37.6 Å². The number of rotatable bonds is 3. The van der Waals surface area contributed by atoms with Crippen molar-refractivity contribution >= 4 is 39.1 Å². The molecule has 0 bridgehead atoms. The summed E-state index contributed by atoms with van der Waals surface area (Å²) < 4.78 is 1.08. The van der Waals surface area contributed by atoms with Crippen molar-refractivity contribution in [3.63, 3.8) is 0 Å². The number of benzene rings is 1. The molecule has 7 nitrogen and oxygen atoms in total. The first kappa shape index (κ1) is 14.1. The van der Waals surface area contributed by atoms with Crippen LogP contribution in [0, 0.1) is 0 Å². The zero-order valence-electron chi connectivity index (χ0n) is 12.6. The average Bonchev–Trinajstić information content (AvgIpc) is 3.14. The zero-order valence-corrected chi connectivity index (χ0v) is 13.4. The lowest BCUT2D eigenvalue weighted by Gasteiger charge is -2.21. The molecule has 8 heteroatoms. The molecule has 1 saturated heterocycles. The van der Waals surface area contributed by atoms with Crippen LogP contribution in [0.3, 0.4) is 0 Å². The molecule has 1 aliphatic rings. The summed E-state index contributed by atoms with van der Waals surface area (Å²) in [6.07, 6.45) is 2.22. The van der Waals surface area contributed by atoms with Crippen LogP contribution in [0.5, 0.6) is 6.01 Å². The molecule has 4 rings (SSSR count). The quantitative estimate of drug-likeness (QED) is 0.764. The highest BCUT2D eigenvalue weighted by atomic mass is 32.1. The Balaban J connectivity index is 1.64. The van der Waals surface area contributed by atoms with E-state index in [2.05, 4.69) is 37.1 Å². The topological polar surface area (TPSA) is 87.1 Å². The van der Waals surface area contributed by atoms with E-state index in [9.17, 15) is 5.11 Å². The second-order valence-electron chi connectivity index (χ2n) is 5.60. The summed E-state index contributed by atoms with van der Waals surface area (Å²) in [4.78, 5) is 18.8. The normalized spacial score (nSPS) is 17.8. The van der Waals surface area contributed by atoms with Gasteiger partial charge in [-0.1, -0.05) is 0 Å². The number of nitrogens with zero attached hydrogens (tertiary/aromatic N) is 5. The Kier molecular flexibility index (Phi) is 3.45. The van der Waals surface area contributed by atoms with Crippen molar-refractivity contribution in [3.8, 4) is 6.01 Å². The predicted octanol–water partition coefficient (Wildman–Crippen LogP) is 2.92. The molecule has 0 aliphatic carbocycles. The number of aromatic hydroxyl groups is 1. The van der Waals surface area contributed by atoms with E-state index in [0.717, 1.165) is 35.3 Å². The van der Waals surface area contributed by atoms with Gasteiger partial charge in [-0.05, 0) is 38.0 Å². The maximum Gasteiger partial charge on any atom is 0.320 e. The van der Waals surface area contributed by atoms with Crippen LogP contribution in [0.4, 0.5) is 17.6 Å². The smallest absolute Gasteiger partial charge is 0.320 e. The molecule has 0 amide bonds. The summed E-state index contributed by atoms with van der Waals surface area (Å²) in [7, 11) is 0. The molecule has 0 spiro atoms. The van der Waals surface area contributed by atoms with Crippen molar-refractivity contribution in [2.24, 2.45) is 0 Å². The van der Waals surface area contributed by atoms with Gasteiger partial charge in [-0.2, -0.15) is 15.0 Å². The second-order valence-corrected chi connectivity index (χ2v) is 6.49. The van der Waals surface area contributed by atoms with Gasteiger partial charge in [0.15, 0.2) is 0 Å². The Labute approximate surface area is 137 Å². The van der Waals surface area contributed by atoms with Crippen molar-refractivity contribution in [3.05, 3.63) is 23.7 Å². The van der Waals surface area contributed by atoms with Crippen LogP contribution in [0.2, 0.25) is 0 Å². The van der Waals surface area contributed by atoms with E-state index in [1.165, 1.54) is 0 Å². The van der Waals surface area contributed by atoms with Gasteiger partial charge in [0.25, 0.3) is 0 Å². The minimum Gasteiger partial charge on any atom is -0.479 e. The number of thiazole rings is 1. The van der Waals surface area contributed by atoms with Crippen molar-refractivity contribution < 1.29 is 5.11 Å². The Morgan fingerprint density at radius 3 is 3.04 bits per heavy atom. The molecule has 1 fully saturated rings. The van der Waals surface area contributed by atoms with Crippen LogP contribution < -0.4 is 10.2 Å². The minimum absolute atomic E-state index is 0.268. The number of anilines is 3. The first-order chi connectivity index (χ1) is 11.2. The summed E-state index contributed by atoms with van der Waals surface area (Å²) in [6.45, 7) is 3.04. The van der Waals surface area contributed by atoms with E-state index in [1.54, 1.807) is 11.3 Å². The summed E-state index contributed by atoms with van der Waals surface area (Å²) in [5, 5.41) is 13.0. The van der Waals surface area contributed by atoms with Gasteiger partial charge in [0.05, 0.1) is 15.7 Å². The Morgan fingerprint density at radius 1 is 1.30 bits per heavy atom. The van der Waals surface area contributed by atoms with Gasteiger partial charge in [-0.3, -0.25) is 0 Å². The summed E-state index contributed by atoms with van der Waals surface area (Å²) in [5.74, 6) is 0.860. The third-order valence-electron chi connectivity index (χ3n) is 4.01. The fourth-order valence-electron chi connectivity index (χ4n) is 2.83. The zero-order chi connectivity index (χ0) is 15.8. The van der Waals surface area contributed by atoms with Crippen molar-refractivity contribution in [1.29, 1.82) is 0 Å². The fourth-order valence-corrected chi connectivity index (χ4v) is 3.55. The van der Waals surface area contributed by atoms with Crippen LogP contribution in [0.1, 0.15) is 19.8 Å². The van der Waals surface area contributed by atoms with Gasteiger partial charge in [-0.15, -0.1) is 11.3 Å². The molecule has 3 aromatic rings. The largest absolute Gasteiger partial charge is 0.479 e. The van der Waals surface area contributed by atoms with Gasteiger partial charge in [0.1, 0.15) is 0 Å². The fraction of sp³-hybridized carbons (Fsp3) is 0.333. The van der Waals surface area contributed by atoms with E-state index >= 15 is 0 Å². The number of nitrogens with one attached hydrogen (secondary N) is 1. The molecule has 2 aromatic heterocycles. The Bertz CT molecular complexity index is 851. The molecule has 1 aliphatic heterocycles. The predicted molar refractivity (Wildman–Crippen MR) is 90.4 cm³/mol. The first-order valence-corrected chi connectivity index (χ1v) is 8.39.